The second kappa shape index (κ2) is 8.17. The molecule has 6 heteroatoms. The molecule has 2 N–H and O–H groups in total. The Morgan fingerprint density at radius 3 is 2.46 bits per heavy atom. The molecule has 0 aliphatic heterocycles. The van der Waals surface area contributed by atoms with E-state index in [0.717, 1.165) is 33.3 Å². The lowest BCUT2D eigenvalue weighted by Crippen LogP contribution is -2.23. The van der Waals surface area contributed by atoms with E-state index in [1.165, 1.54) is 0 Å². The van der Waals surface area contributed by atoms with Gasteiger partial charge in [-0.15, -0.1) is 0 Å². The van der Waals surface area contributed by atoms with Crippen LogP contribution in [0.2, 0.25) is 5.02 Å². The van der Waals surface area contributed by atoms with Crippen molar-refractivity contribution in [2.45, 2.75) is 13.8 Å². The molecule has 2 aromatic carbocycles. The van der Waals surface area contributed by atoms with Gasteiger partial charge in [-0.25, -0.2) is 0 Å². The molecule has 4 nitrogen and oxygen atoms in total. The van der Waals surface area contributed by atoms with E-state index in [9.17, 15) is 0 Å². The average molecular weight is 383 g/mol. The number of aryl methyl sites for hydroxylation is 1. The molecule has 0 saturated carbocycles. The largest absolute Gasteiger partial charge is 0.331 e. The zero-order valence-corrected chi connectivity index (χ0v) is 16.1. The Morgan fingerprint density at radius 1 is 1.08 bits per heavy atom. The molecule has 0 spiro atoms. The first kappa shape index (κ1) is 18.2. The fourth-order valence-electron chi connectivity index (χ4n) is 2.75. The molecule has 0 atom stereocenters. The summed E-state index contributed by atoms with van der Waals surface area (Å²) in [5, 5.41) is 8.49. The zero-order chi connectivity index (χ0) is 18.5. The fourth-order valence-corrected chi connectivity index (χ4v) is 3.04. The molecule has 132 valence electrons. The maximum absolute atomic E-state index is 5.98. The number of hydrogen-bond donors (Lipinski definition) is 2. The summed E-state index contributed by atoms with van der Waals surface area (Å²) in [5.41, 5.74) is 8.07. The van der Waals surface area contributed by atoms with E-state index in [4.69, 9.17) is 23.8 Å². The van der Waals surface area contributed by atoms with Crippen molar-refractivity contribution < 1.29 is 0 Å². The normalized spacial score (nSPS) is 10.9. The lowest BCUT2D eigenvalue weighted by Gasteiger charge is -2.09. The van der Waals surface area contributed by atoms with Crippen LogP contribution in [0.5, 0.6) is 0 Å². The molecular weight excluding hydrogens is 364 g/mol. The molecule has 26 heavy (non-hydrogen) atoms. The number of nitrogens with one attached hydrogen (secondary N) is 2. The van der Waals surface area contributed by atoms with E-state index in [0.29, 0.717) is 5.11 Å². The van der Waals surface area contributed by atoms with Gasteiger partial charge in [0.05, 0.1) is 6.21 Å². The summed E-state index contributed by atoms with van der Waals surface area (Å²) in [7, 11) is 0. The van der Waals surface area contributed by atoms with E-state index in [1.54, 1.807) is 6.21 Å². The maximum Gasteiger partial charge on any atom is 0.191 e. The molecule has 0 radical (unpaired) electrons. The third-order valence-electron chi connectivity index (χ3n) is 3.96. The summed E-state index contributed by atoms with van der Waals surface area (Å²) < 4.78 is 2.16. The minimum atomic E-state index is 0.443. The Morgan fingerprint density at radius 2 is 1.77 bits per heavy atom. The summed E-state index contributed by atoms with van der Waals surface area (Å²) in [6.07, 6.45) is 1.77. The molecule has 0 amide bonds. The highest BCUT2D eigenvalue weighted by Crippen LogP contribution is 2.21. The minimum absolute atomic E-state index is 0.443. The van der Waals surface area contributed by atoms with Crippen LogP contribution in [0.25, 0.3) is 5.69 Å². The summed E-state index contributed by atoms with van der Waals surface area (Å²) in [6, 6.07) is 19.6. The highest BCUT2D eigenvalue weighted by molar-refractivity contribution is 7.80. The number of benzene rings is 2. The Labute approximate surface area is 163 Å². The number of thiocarbonyl (C=S) groups is 1. The van der Waals surface area contributed by atoms with E-state index >= 15 is 0 Å². The molecule has 0 saturated heterocycles. The second-order valence-corrected chi connectivity index (χ2v) is 6.67. The van der Waals surface area contributed by atoms with Crippen molar-refractivity contribution in [2.75, 3.05) is 5.32 Å². The van der Waals surface area contributed by atoms with E-state index in [1.807, 2.05) is 54.6 Å². The first-order valence-corrected chi connectivity index (χ1v) is 8.93. The fraction of sp³-hybridized carbons (Fsp3) is 0.100. The molecule has 0 fully saturated rings. The van der Waals surface area contributed by atoms with Gasteiger partial charge in [-0.3, -0.25) is 5.43 Å². The maximum atomic E-state index is 5.98. The zero-order valence-electron chi connectivity index (χ0n) is 14.5. The van der Waals surface area contributed by atoms with E-state index in [-0.39, 0.29) is 0 Å². The molecule has 0 aliphatic carbocycles. The number of rotatable bonds is 4. The van der Waals surface area contributed by atoms with Crippen molar-refractivity contribution >= 4 is 40.8 Å². The summed E-state index contributed by atoms with van der Waals surface area (Å²) in [5.74, 6) is 0. The first-order chi connectivity index (χ1) is 12.5. The number of para-hydroxylation sites is 1. The van der Waals surface area contributed by atoms with Crippen LogP contribution in [0, 0.1) is 13.8 Å². The summed E-state index contributed by atoms with van der Waals surface area (Å²) >= 11 is 11.2. The topological polar surface area (TPSA) is 41.4 Å². The number of anilines is 1. The smallest absolute Gasteiger partial charge is 0.191 e. The predicted octanol–water partition coefficient (Wildman–Crippen LogP) is 5.07. The van der Waals surface area contributed by atoms with Crippen molar-refractivity contribution in [3.05, 3.63) is 82.6 Å². The van der Waals surface area contributed by atoms with Crippen molar-refractivity contribution in [2.24, 2.45) is 5.10 Å². The van der Waals surface area contributed by atoms with Gasteiger partial charge in [0.2, 0.25) is 0 Å². The number of aromatic nitrogens is 1. The Hall–Kier alpha value is -2.63. The first-order valence-electron chi connectivity index (χ1n) is 8.14. The van der Waals surface area contributed by atoms with Gasteiger partial charge < -0.3 is 9.88 Å². The van der Waals surface area contributed by atoms with Crippen LogP contribution >= 0.6 is 23.8 Å². The van der Waals surface area contributed by atoms with E-state index in [2.05, 4.69) is 40.3 Å². The van der Waals surface area contributed by atoms with Crippen LogP contribution in [0.1, 0.15) is 17.0 Å². The SMILES string of the molecule is Cc1cc(/C=N/NC(=S)Nc2ccccc2)c(C)n1-c1ccc(Cl)cc1. The van der Waals surface area contributed by atoms with Crippen molar-refractivity contribution in [3.63, 3.8) is 0 Å². The lowest BCUT2D eigenvalue weighted by atomic mass is 10.2. The Balaban J connectivity index is 1.70. The summed E-state index contributed by atoms with van der Waals surface area (Å²) in [6.45, 7) is 4.12. The Kier molecular flexibility index (Phi) is 5.71. The van der Waals surface area contributed by atoms with Crippen molar-refractivity contribution in [1.82, 2.24) is 9.99 Å². The van der Waals surface area contributed by atoms with Gasteiger partial charge in [-0.1, -0.05) is 29.8 Å². The highest BCUT2D eigenvalue weighted by Gasteiger charge is 2.09. The predicted molar refractivity (Wildman–Crippen MR) is 114 cm³/mol. The molecule has 1 aromatic heterocycles. The second-order valence-electron chi connectivity index (χ2n) is 5.83. The number of hydrogen-bond acceptors (Lipinski definition) is 2. The molecule has 3 rings (SSSR count). The third kappa shape index (κ3) is 4.31. The van der Waals surface area contributed by atoms with Crippen LogP contribution in [0.4, 0.5) is 5.69 Å². The van der Waals surface area contributed by atoms with Gasteiger partial charge in [0.1, 0.15) is 0 Å². The molecule has 0 bridgehead atoms. The number of halogens is 1. The van der Waals surface area contributed by atoms with Crippen molar-refractivity contribution in [1.29, 1.82) is 0 Å². The lowest BCUT2D eigenvalue weighted by molar-refractivity contribution is 0.964. The summed E-state index contributed by atoms with van der Waals surface area (Å²) in [4.78, 5) is 0. The molecule has 1 heterocycles. The molecule has 0 unspecified atom stereocenters. The standard InChI is InChI=1S/C20H19ClN4S/c1-14-12-16(15(2)25(14)19-10-8-17(21)9-11-19)13-22-24-20(26)23-18-6-4-3-5-7-18/h3-13H,1-2H3,(H2,23,24,26)/b22-13+. The number of hydrazone groups is 1. The highest BCUT2D eigenvalue weighted by atomic mass is 35.5. The van der Waals surface area contributed by atoms with Gasteiger partial charge in [0.25, 0.3) is 0 Å². The molecule has 3 aromatic rings. The van der Waals surface area contributed by atoms with Gasteiger partial charge in [0, 0.05) is 33.3 Å². The quantitative estimate of drug-likeness (QED) is 0.376. The van der Waals surface area contributed by atoms with Gasteiger partial charge in [-0.05, 0) is 68.5 Å². The minimum Gasteiger partial charge on any atom is -0.331 e. The molecular formula is C20H19ClN4S. The van der Waals surface area contributed by atoms with Gasteiger partial charge >= 0.3 is 0 Å². The van der Waals surface area contributed by atoms with Crippen LogP contribution in [0.3, 0.4) is 0 Å². The van der Waals surface area contributed by atoms with Gasteiger partial charge in [-0.2, -0.15) is 5.10 Å². The third-order valence-corrected chi connectivity index (χ3v) is 4.40. The average Bonchev–Trinajstić information content (AvgIpc) is 2.90. The monoisotopic (exact) mass is 382 g/mol. The van der Waals surface area contributed by atoms with E-state index < -0.39 is 0 Å². The molecule has 0 aliphatic rings. The Bertz CT molecular complexity index is 930. The van der Waals surface area contributed by atoms with Crippen LogP contribution in [-0.4, -0.2) is 15.9 Å². The van der Waals surface area contributed by atoms with Gasteiger partial charge in [0.15, 0.2) is 5.11 Å². The van der Waals surface area contributed by atoms with Crippen LogP contribution in [-0.2, 0) is 0 Å². The van der Waals surface area contributed by atoms with Crippen LogP contribution in [0.15, 0.2) is 65.8 Å². The van der Waals surface area contributed by atoms with Crippen LogP contribution < -0.4 is 10.7 Å². The number of nitrogens with zero attached hydrogens (tertiary/aromatic N) is 2. The van der Waals surface area contributed by atoms with Crippen molar-refractivity contribution in [3.8, 4) is 5.69 Å².